The van der Waals surface area contributed by atoms with Crippen LogP contribution in [-0.4, -0.2) is 44.5 Å². The average Bonchev–Trinajstić information content (AvgIpc) is 3.43. The van der Waals surface area contributed by atoms with Crippen LogP contribution in [0.5, 0.6) is 11.5 Å². The number of benzene rings is 1. The molecular formula is C22H23F3N4O3. The maximum atomic E-state index is 13.9. The lowest BCUT2D eigenvalue weighted by Crippen LogP contribution is -2.36. The zero-order chi connectivity index (χ0) is 22.5. The third kappa shape index (κ3) is 3.67. The molecule has 170 valence electrons. The first-order valence-corrected chi connectivity index (χ1v) is 10.6. The highest BCUT2D eigenvalue weighted by molar-refractivity contribution is 5.67. The van der Waals surface area contributed by atoms with Crippen LogP contribution < -0.4 is 9.47 Å². The summed E-state index contributed by atoms with van der Waals surface area (Å²) in [5.74, 6) is 0.976. The van der Waals surface area contributed by atoms with Crippen LogP contribution >= 0.6 is 0 Å². The number of halogens is 3. The highest BCUT2D eigenvalue weighted by Gasteiger charge is 2.37. The van der Waals surface area contributed by atoms with E-state index in [9.17, 15) is 18.3 Å². The summed E-state index contributed by atoms with van der Waals surface area (Å²) in [6, 6.07) is 5.99. The fourth-order valence-electron chi connectivity index (χ4n) is 4.48. The summed E-state index contributed by atoms with van der Waals surface area (Å²) in [5.41, 5.74) is -0.190. The molecule has 1 aliphatic carbocycles. The number of fused-ring (bicyclic) bond motifs is 2. The van der Waals surface area contributed by atoms with Gasteiger partial charge in [0.15, 0.2) is 22.8 Å². The van der Waals surface area contributed by atoms with Gasteiger partial charge in [-0.1, -0.05) is 19.3 Å². The smallest absolute Gasteiger partial charge is 0.433 e. The highest BCUT2D eigenvalue weighted by atomic mass is 19.4. The number of nitrogens with zero attached hydrogens (tertiary/aromatic N) is 4. The molecule has 7 nitrogen and oxygen atoms in total. The molecule has 0 amide bonds. The molecule has 3 aromatic rings. The van der Waals surface area contributed by atoms with Crippen LogP contribution in [0, 0.1) is 0 Å². The van der Waals surface area contributed by atoms with Gasteiger partial charge >= 0.3 is 6.18 Å². The maximum Gasteiger partial charge on any atom is 0.433 e. The Kier molecular flexibility index (Phi) is 5.21. The van der Waals surface area contributed by atoms with Crippen LogP contribution in [0.15, 0.2) is 30.5 Å². The second-order valence-electron chi connectivity index (χ2n) is 8.26. The van der Waals surface area contributed by atoms with E-state index in [1.54, 1.807) is 30.1 Å². The van der Waals surface area contributed by atoms with Crippen molar-refractivity contribution in [2.75, 3.05) is 13.8 Å². The van der Waals surface area contributed by atoms with Crippen LogP contribution in [0.2, 0.25) is 0 Å². The molecule has 2 aromatic heterocycles. The summed E-state index contributed by atoms with van der Waals surface area (Å²) in [7, 11) is 1.79. The standard InChI is InChI=1S/C22H23F3N4O3/c1-28(14-5-3-2-4-6-14)21(30)15-11-26-29-19(22(23,24)25)10-16(27-20(15)29)13-7-8-17-18(9-13)32-12-31-17/h7-11,14,21,30H,2-6,12H2,1H3. The first kappa shape index (κ1) is 21.0. The molecule has 10 heteroatoms. The fourth-order valence-corrected chi connectivity index (χ4v) is 4.48. The molecule has 1 saturated carbocycles. The molecule has 0 saturated heterocycles. The predicted molar refractivity (Wildman–Crippen MR) is 109 cm³/mol. The van der Waals surface area contributed by atoms with Crippen LogP contribution in [0.3, 0.4) is 0 Å². The Bertz CT molecular complexity index is 1140. The predicted octanol–water partition coefficient (Wildman–Crippen LogP) is 4.40. The lowest BCUT2D eigenvalue weighted by Gasteiger charge is -2.34. The van der Waals surface area contributed by atoms with Crippen molar-refractivity contribution in [3.63, 3.8) is 0 Å². The van der Waals surface area contributed by atoms with Gasteiger partial charge in [0.05, 0.1) is 17.5 Å². The third-order valence-electron chi connectivity index (χ3n) is 6.27. The molecule has 1 aliphatic heterocycles. The van der Waals surface area contributed by atoms with Crippen molar-refractivity contribution in [3.8, 4) is 22.8 Å². The molecule has 1 aromatic carbocycles. The molecule has 0 radical (unpaired) electrons. The Morgan fingerprint density at radius 2 is 1.88 bits per heavy atom. The number of ether oxygens (including phenoxy) is 2. The summed E-state index contributed by atoms with van der Waals surface area (Å²) in [5, 5.41) is 15.0. The van der Waals surface area contributed by atoms with Crippen molar-refractivity contribution in [2.45, 2.75) is 50.6 Å². The quantitative estimate of drug-likeness (QED) is 0.597. The van der Waals surface area contributed by atoms with E-state index >= 15 is 0 Å². The van der Waals surface area contributed by atoms with Gasteiger partial charge in [0.25, 0.3) is 0 Å². The summed E-state index contributed by atoms with van der Waals surface area (Å²) in [4.78, 5) is 6.28. The monoisotopic (exact) mass is 448 g/mol. The molecular weight excluding hydrogens is 425 g/mol. The van der Waals surface area contributed by atoms with Crippen LogP contribution in [0.25, 0.3) is 16.9 Å². The van der Waals surface area contributed by atoms with Gasteiger partial charge in [-0.15, -0.1) is 0 Å². The minimum Gasteiger partial charge on any atom is -0.454 e. The van der Waals surface area contributed by atoms with E-state index in [2.05, 4.69) is 10.1 Å². The lowest BCUT2D eigenvalue weighted by molar-refractivity contribution is -0.142. The average molecular weight is 448 g/mol. The Morgan fingerprint density at radius 3 is 2.62 bits per heavy atom. The Hall–Kier alpha value is -2.85. The van der Waals surface area contributed by atoms with Crippen LogP contribution in [0.4, 0.5) is 13.2 Å². The van der Waals surface area contributed by atoms with Crippen LogP contribution in [0.1, 0.15) is 49.6 Å². The fraction of sp³-hybridized carbons (Fsp3) is 0.455. The van der Waals surface area contributed by atoms with Gasteiger partial charge in [-0.25, -0.2) is 9.50 Å². The SMILES string of the molecule is CN(C1CCCCC1)C(O)c1cnn2c(C(F)(F)F)cc(-c3ccc4c(c3)OCO4)nc12. The number of aromatic nitrogens is 3. The molecule has 5 rings (SSSR count). The summed E-state index contributed by atoms with van der Waals surface area (Å²) >= 11 is 0. The van der Waals surface area contributed by atoms with Crippen molar-refractivity contribution in [1.82, 2.24) is 19.5 Å². The van der Waals surface area contributed by atoms with Crippen LogP contribution in [-0.2, 0) is 6.18 Å². The molecule has 1 unspecified atom stereocenters. The molecule has 0 bridgehead atoms. The van der Waals surface area contributed by atoms with Gasteiger partial charge in [0.1, 0.15) is 6.23 Å². The molecule has 3 heterocycles. The number of rotatable bonds is 4. The molecule has 1 N–H and O–H groups in total. The van der Waals surface area contributed by atoms with Crippen molar-refractivity contribution in [2.24, 2.45) is 0 Å². The number of aliphatic hydroxyl groups is 1. The first-order chi connectivity index (χ1) is 15.3. The zero-order valence-electron chi connectivity index (χ0n) is 17.5. The van der Waals surface area contributed by atoms with E-state index in [4.69, 9.17) is 9.47 Å². The molecule has 1 fully saturated rings. The summed E-state index contributed by atoms with van der Waals surface area (Å²) < 4.78 is 53.1. The van der Waals surface area contributed by atoms with Gasteiger partial charge in [-0.3, -0.25) is 4.90 Å². The number of hydrogen-bond acceptors (Lipinski definition) is 6. The first-order valence-electron chi connectivity index (χ1n) is 10.6. The normalized spacial score (nSPS) is 17.9. The Labute approximate surface area is 182 Å². The largest absolute Gasteiger partial charge is 0.454 e. The number of hydrogen-bond donors (Lipinski definition) is 1. The molecule has 1 atom stereocenters. The number of alkyl halides is 3. The summed E-state index contributed by atoms with van der Waals surface area (Å²) in [6.07, 6.45) is 0.680. The second kappa shape index (κ2) is 7.93. The van der Waals surface area contributed by atoms with E-state index < -0.39 is 18.1 Å². The zero-order valence-corrected chi connectivity index (χ0v) is 17.5. The van der Waals surface area contributed by atoms with Gasteiger partial charge in [-0.05, 0) is 44.2 Å². The van der Waals surface area contributed by atoms with E-state index in [0.29, 0.717) is 17.1 Å². The Morgan fingerprint density at radius 1 is 1.12 bits per heavy atom. The van der Waals surface area contributed by atoms with Gasteiger partial charge in [0, 0.05) is 11.6 Å². The minimum atomic E-state index is -4.66. The van der Waals surface area contributed by atoms with Gasteiger partial charge in [0.2, 0.25) is 6.79 Å². The van der Waals surface area contributed by atoms with Crippen molar-refractivity contribution in [3.05, 3.63) is 41.7 Å². The van der Waals surface area contributed by atoms with Crippen molar-refractivity contribution in [1.29, 1.82) is 0 Å². The summed E-state index contributed by atoms with van der Waals surface area (Å²) in [6.45, 7) is 0.0610. The lowest BCUT2D eigenvalue weighted by atomic mass is 9.94. The Balaban J connectivity index is 1.60. The minimum absolute atomic E-state index is 0.0253. The van der Waals surface area contributed by atoms with E-state index in [0.717, 1.165) is 42.7 Å². The topological polar surface area (TPSA) is 72.1 Å². The van der Waals surface area contributed by atoms with Crippen molar-refractivity contribution >= 4 is 5.65 Å². The second-order valence-corrected chi connectivity index (χ2v) is 8.26. The van der Waals surface area contributed by atoms with Gasteiger partial charge in [-0.2, -0.15) is 18.3 Å². The maximum absolute atomic E-state index is 13.9. The number of aliphatic hydroxyl groups excluding tert-OH is 1. The van der Waals surface area contributed by atoms with E-state index in [-0.39, 0.29) is 29.7 Å². The molecule has 2 aliphatic rings. The highest BCUT2D eigenvalue weighted by Crippen LogP contribution is 2.38. The molecule has 0 spiro atoms. The van der Waals surface area contributed by atoms with E-state index in [1.807, 2.05) is 0 Å². The van der Waals surface area contributed by atoms with E-state index in [1.165, 1.54) is 6.20 Å². The van der Waals surface area contributed by atoms with Gasteiger partial charge < -0.3 is 14.6 Å². The third-order valence-corrected chi connectivity index (χ3v) is 6.27. The van der Waals surface area contributed by atoms with Crippen molar-refractivity contribution < 1.29 is 27.8 Å². The molecule has 32 heavy (non-hydrogen) atoms.